The normalized spacial score (nSPS) is 17.9. The van der Waals surface area contributed by atoms with Crippen molar-refractivity contribution in [3.05, 3.63) is 36.0 Å². The molecular weight excluding hydrogens is 468 g/mol. The lowest BCUT2D eigenvalue weighted by Crippen LogP contribution is -2.60. The van der Waals surface area contributed by atoms with Gasteiger partial charge in [0, 0.05) is 45.1 Å². The van der Waals surface area contributed by atoms with Crippen LogP contribution in [0.4, 0.5) is 11.6 Å². The molecule has 1 aromatic carbocycles. The summed E-state index contributed by atoms with van der Waals surface area (Å²) < 4.78 is 32.4. The van der Waals surface area contributed by atoms with E-state index in [2.05, 4.69) is 25.4 Å². The lowest BCUT2D eigenvalue weighted by atomic mass is 9.81. The number of benzene rings is 1. The van der Waals surface area contributed by atoms with Gasteiger partial charge in [0.15, 0.2) is 11.5 Å². The van der Waals surface area contributed by atoms with Crippen molar-refractivity contribution in [1.82, 2.24) is 29.8 Å². The second kappa shape index (κ2) is 8.85. The highest BCUT2D eigenvalue weighted by atomic mass is 32.2. The van der Waals surface area contributed by atoms with E-state index in [1.807, 2.05) is 31.3 Å². The van der Waals surface area contributed by atoms with Crippen LogP contribution < -0.4 is 16.0 Å². The first kappa shape index (κ1) is 23.6. The third kappa shape index (κ3) is 4.37. The van der Waals surface area contributed by atoms with Gasteiger partial charge in [-0.05, 0) is 45.0 Å². The van der Waals surface area contributed by atoms with Gasteiger partial charge in [0.1, 0.15) is 5.82 Å². The molecule has 1 spiro atoms. The Morgan fingerprint density at radius 1 is 1.17 bits per heavy atom. The van der Waals surface area contributed by atoms with Gasteiger partial charge in [0.05, 0.1) is 11.4 Å². The number of hydrogen-bond acceptors (Lipinski definition) is 10. The van der Waals surface area contributed by atoms with E-state index in [4.69, 9.17) is 15.1 Å². The number of sulfonamides is 1. The predicted octanol–water partition coefficient (Wildman–Crippen LogP) is 1.99. The summed E-state index contributed by atoms with van der Waals surface area (Å²) in [6.07, 6.45) is 2.53. The maximum absolute atomic E-state index is 12.4. The van der Waals surface area contributed by atoms with Gasteiger partial charge in [-0.15, -0.1) is 10.2 Å². The minimum atomic E-state index is -3.22. The molecule has 0 aliphatic carbocycles. The van der Waals surface area contributed by atoms with Gasteiger partial charge in [0.2, 0.25) is 15.9 Å². The number of nitrogens with zero attached hydrogens (tertiary/aromatic N) is 6. The Morgan fingerprint density at radius 2 is 1.89 bits per heavy atom. The first-order chi connectivity index (χ1) is 16.7. The molecule has 35 heavy (non-hydrogen) atoms. The van der Waals surface area contributed by atoms with Crippen molar-refractivity contribution in [2.75, 3.05) is 43.9 Å². The van der Waals surface area contributed by atoms with Crippen molar-refractivity contribution >= 4 is 21.7 Å². The number of nitrogens with two attached hydrogens (primary N) is 1. The van der Waals surface area contributed by atoms with Crippen LogP contribution in [0.25, 0.3) is 23.0 Å². The topological polar surface area (TPSA) is 143 Å². The predicted molar refractivity (Wildman–Crippen MR) is 135 cm³/mol. The number of anilines is 2. The lowest BCUT2D eigenvalue weighted by molar-refractivity contribution is 0.0928. The average Bonchev–Trinajstić information content (AvgIpc) is 3.47. The van der Waals surface area contributed by atoms with E-state index in [1.165, 1.54) is 0 Å². The van der Waals surface area contributed by atoms with Crippen LogP contribution in [0.2, 0.25) is 0 Å². The summed E-state index contributed by atoms with van der Waals surface area (Å²) in [6, 6.07) is 7.87. The van der Waals surface area contributed by atoms with Crippen molar-refractivity contribution in [1.29, 1.82) is 0 Å². The zero-order chi connectivity index (χ0) is 24.8. The first-order valence-corrected chi connectivity index (χ1v) is 13.2. The Labute approximate surface area is 206 Å². The molecule has 3 N–H and O–H groups in total. The van der Waals surface area contributed by atoms with Gasteiger partial charge in [-0.1, -0.05) is 12.1 Å². The number of nitrogen functional groups attached to an aromatic ring is 1. The molecule has 11 nitrogen and oxygen atoms in total. The largest absolute Gasteiger partial charge is 0.414 e. The molecule has 0 amide bonds. The summed E-state index contributed by atoms with van der Waals surface area (Å²) in [5, 5.41) is 11.0. The van der Waals surface area contributed by atoms with E-state index in [0.717, 1.165) is 30.6 Å². The Morgan fingerprint density at radius 3 is 2.57 bits per heavy atom. The monoisotopic (exact) mass is 500 g/mol. The van der Waals surface area contributed by atoms with Crippen LogP contribution >= 0.6 is 0 Å². The van der Waals surface area contributed by atoms with E-state index in [-0.39, 0.29) is 18.6 Å². The van der Waals surface area contributed by atoms with Gasteiger partial charge in [-0.3, -0.25) is 0 Å². The number of nitrogens with one attached hydrogen (secondary N) is 1. The summed E-state index contributed by atoms with van der Waals surface area (Å²) in [7, 11) is -1.32. The van der Waals surface area contributed by atoms with Crippen molar-refractivity contribution < 1.29 is 14.3 Å². The van der Waals surface area contributed by atoms with Crippen LogP contribution in [0, 0.1) is 5.41 Å². The molecule has 2 saturated heterocycles. The van der Waals surface area contributed by atoms with Crippen molar-refractivity contribution in [2.45, 2.75) is 32.1 Å². The van der Waals surface area contributed by atoms with Gasteiger partial charge in [0.25, 0.3) is 5.89 Å². The minimum Gasteiger partial charge on any atom is -0.414 e. The van der Waals surface area contributed by atoms with E-state index >= 15 is 0 Å². The van der Waals surface area contributed by atoms with Crippen molar-refractivity contribution in [3.63, 3.8) is 0 Å². The highest BCUT2D eigenvalue weighted by Gasteiger charge is 2.52. The summed E-state index contributed by atoms with van der Waals surface area (Å²) >= 11 is 0. The third-order valence-corrected chi connectivity index (χ3v) is 8.91. The number of rotatable bonds is 7. The molecule has 0 saturated carbocycles. The van der Waals surface area contributed by atoms with Crippen LogP contribution in [0.3, 0.4) is 0 Å². The highest BCUT2D eigenvalue weighted by Crippen LogP contribution is 2.43. The van der Waals surface area contributed by atoms with Gasteiger partial charge < -0.3 is 20.4 Å². The van der Waals surface area contributed by atoms with E-state index in [0.29, 0.717) is 37.0 Å². The summed E-state index contributed by atoms with van der Waals surface area (Å²) in [5.74, 6) is 1.45. The standard InChI is InChI=1S/C23H30N8O3S.H2/c1-15(2)35(32,33)31-13-23(14-31)8-9-30(12-23)18-11-26-20(24)19(27-18)22-29-28-21(34-22)17-6-4-16(5-7-17)10-25-3;/h4-7,11,15,25H,8-10,12-14H2,1-3H3,(H2,24,26);1H. The van der Waals surface area contributed by atoms with Crippen LogP contribution in [-0.4, -0.2) is 71.4 Å². The average molecular weight is 501 g/mol. The zero-order valence-corrected chi connectivity index (χ0v) is 20.9. The Hall–Kier alpha value is -3.09. The second-order valence-electron chi connectivity index (χ2n) is 9.63. The smallest absolute Gasteiger partial charge is 0.270 e. The van der Waals surface area contributed by atoms with E-state index < -0.39 is 15.3 Å². The molecule has 3 aromatic rings. The molecule has 0 atom stereocenters. The molecule has 5 rings (SSSR count). The van der Waals surface area contributed by atoms with E-state index in [9.17, 15) is 8.42 Å². The van der Waals surface area contributed by atoms with Crippen LogP contribution in [0.1, 0.15) is 27.3 Å². The number of hydrogen-bond donors (Lipinski definition) is 2. The minimum absolute atomic E-state index is 0. The van der Waals surface area contributed by atoms with E-state index in [1.54, 1.807) is 24.3 Å². The van der Waals surface area contributed by atoms with Crippen LogP contribution in [0.5, 0.6) is 0 Å². The van der Waals surface area contributed by atoms with Crippen LogP contribution in [-0.2, 0) is 16.6 Å². The van der Waals surface area contributed by atoms with Gasteiger partial charge >= 0.3 is 0 Å². The molecule has 4 heterocycles. The van der Waals surface area contributed by atoms with Crippen LogP contribution in [0.15, 0.2) is 34.9 Å². The maximum Gasteiger partial charge on any atom is 0.270 e. The molecule has 2 aliphatic heterocycles. The highest BCUT2D eigenvalue weighted by molar-refractivity contribution is 7.89. The molecular formula is C23H32N8O3S. The quantitative estimate of drug-likeness (QED) is 0.494. The molecule has 2 aliphatic rings. The summed E-state index contributed by atoms with van der Waals surface area (Å²) in [4.78, 5) is 11.1. The Kier molecular flexibility index (Phi) is 5.98. The molecule has 0 radical (unpaired) electrons. The second-order valence-corrected chi connectivity index (χ2v) is 12.1. The molecule has 2 fully saturated rings. The fourth-order valence-corrected chi connectivity index (χ4v) is 6.18. The zero-order valence-electron chi connectivity index (χ0n) is 20.1. The van der Waals surface area contributed by atoms with Crippen molar-refractivity contribution in [2.24, 2.45) is 5.41 Å². The van der Waals surface area contributed by atoms with Gasteiger partial charge in [-0.25, -0.2) is 22.7 Å². The molecule has 0 bridgehead atoms. The van der Waals surface area contributed by atoms with Crippen molar-refractivity contribution in [3.8, 4) is 23.0 Å². The SMILES string of the molecule is CNCc1ccc(-c2nnc(-c3nc(N4CCC5(C4)CN(S(=O)(=O)C(C)C)C5)cnc3N)o2)cc1.[HH]. The molecule has 0 unspecified atom stereocenters. The molecule has 2 aromatic heterocycles. The Bertz CT molecular complexity index is 1320. The molecule has 188 valence electrons. The fraction of sp³-hybridized carbons (Fsp3) is 0.478. The summed E-state index contributed by atoms with van der Waals surface area (Å²) in [5.41, 5.74) is 8.35. The first-order valence-electron chi connectivity index (χ1n) is 11.6. The third-order valence-electron chi connectivity index (χ3n) is 6.74. The fourth-order valence-electron chi connectivity index (χ4n) is 4.67. The molecule has 12 heteroatoms. The summed E-state index contributed by atoms with van der Waals surface area (Å²) in [6.45, 7) is 6.77. The lowest BCUT2D eigenvalue weighted by Gasteiger charge is -2.47. The maximum atomic E-state index is 12.4. The number of aromatic nitrogens is 4. The van der Waals surface area contributed by atoms with Gasteiger partial charge in [-0.2, -0.15) is 0 Å². The Balaban J connectivity index is 0.00000304.